The molecule has 1 aliphatic rings. The second kappa shape index (κ2) is 6.55. The number of aryl methyl sites for hydroxylation is 1. The Labute approximate surface area is 151 Å². The second-order valence-corrected chi connectivity index (χ2v) is 6.43. The number of anilines is 2. The molecule has 1 saturated heterocycles. The van der Waals surface area contributed by atoms with Gasteiger partial charge in [0.25, 0.3) is 0 Å². The lowest BCUT2D eigenvalue weighted by molar-refractivity contribution is -0.115. The average molecular weight is 348 g/mol. The number of fused-ring (bicyclic) bond motifs is 1. The summed E-state index contributed by atoms with van der Waals surface area (Å²) in [5.74, 6) is -0.0653. The van der Waals surface area contributed by atoms with Crippen LogP contribution >= 0.6 is 0 Å². The first-order valence-corrected chi connectivity index (χ1v) is 8.63. The maximum absolute atomic E-state index is 12.5. The van der Waals surface area contributed by atoms with Crippen LogP contribution in [-0.4, -0.2) is 30.0 Å². The fourth-order valence-electron chi connectivity index (χ4n) is 3.37. The van der Waals surface area contributed by atoms with Gasteiger partial charge in [0.15, 0.2) is 0 Å². The van der Waals surface area contributed by atoms with Gasteiger partial charge < -0.3 is 15.6 Å². The highest BCUT2D eigenvalue weighted by Gasteiger charge is 2.20. The third kappa shape index (κ3) is 3.01. The number of hydrogen-bond donors (Lipinski definition) is 3. The molecular formula is C20H20N4O2. The number of aromatic nitrogens is 1. The molecule has 2 heterocycles. The summed E-state index contributed by atoms with van der Waals surface area (Å²) in [6.45, 7) is 3.30. The molecule has 132 valence electrons. The second-order valence-electron chi connectivity index (χ2n) is 6.43. The predicted molar refractivity (Wildman–Crippen MR) is 103 cm³/mol. The third-order valence-corrected chi connectivity index (χ3v) is 4.68. The van der Waals surface area contributed by atoms with Crippen molar-refractivity contribution >= 4 is 34.2 Å². The van der Waals surface area contributed by atoms with E-state index in [1.165, 1.54) is 0 Å². The van der Waals surface area contributed by atoms with E-state index < -0.39 is 0 Å². The first-order chi connectivity index (χ1) is 12.6. The summed E-state index contributed by atoms with van der Waals surface area (Å²) < 4.78 is 0. The summed E-state index contributed by atoms with van der Waals surface area (Å²) in [5.41, 5.74) is 4.61. The molecule has 4 rings (SSSR count). The predicted octanol–water partition coefficient (Wildman–Crippen LogP) is 3.19. The number of aromatic amines is 1. The summed E-state index contributed by atoms with van der Waals surface area (Å²) in [4.78, 5) is 29.2. The fraction of sp³-hybridized carbons (Fsp3) is 0.200. The Balaban J connectivity index is 1.46. The Bertz CT molecular complexity index is 975. The minimum atomic E-state index is -0.0865. The molecule has 3 aromatic rings. The lowest BCUT2D eigenvalue weighted by Gasteiger charge is -2.14. The maximum Gasteiger partial charge on any atom is 0.321 e. The van der Waals surface area contributed by atoms with E-state index in [0.717, 1.165) is 33.5 Å². The highest BCUT2D eigenvalue weighted by Crippen LogP contribution is 2.23. The van der Waals surface area contributed by atoms with Crippen LogP contribution < -0.4 is 15.5 Å². The number of carbonyl (C=O) groups excluding carboxylic acids is 2. The highest BCUT2D eigenvalue weighted by molar-refractivity contribution is 5.97. The van der Waals surface area contributed by atoms with Crippen LogP contribution in [0, 0.1) is 6.92 Å². The number of amides is 3. The van der Waals surface area contributed by atoms with Gasteiger partial charge in [-0.05, 0) is 42.8 Å². The molecular weight excluding hydrogens is 328 g/mol. The zero-order chi connectivity index (χ0) is 18.1. The van der Waals surface area contributed by atoms with Crippen LogP contribution in [0.25, 0.3) is 10.9 Å². The number of carbonyl (C=O) groups is 2. The number of urea groups is 1. The third-order valence-electron chi connectivity index (χ3n) is 4.68. The van der Waals surface area contributed by atoms with E-state index >= 15 is 0 Å². The van der Waals surface area contributed by atoms with E-state index in [1.807, 2.05) is 55.5 Å². The standard InChI is InChI=1S/C20H20N4O2/c1-13-17(16-4-2-3-5-18(16)22-13)12-19(25)23-14-6-8-15(9-7-14)24-11-10-21-20(24)26/h2-9,22H,10-12H2,1H3,(H,21,26)(H,23,25). The minimum absolute atomic E-state index is 0.0653. The zero-order valence-corrected chi connectivity index (χ0v) is 14.5. The molecule has 1 fully saturated rings. The van der Waals surface area contributed by atoms with Crippen molar-refractivity contribution < 1.29 is 9.59 Å². The molecule has 3 N–H and O–H groups in total. The quantitative estimate of drug-likeness (QED) is 0.677. The van der Waals surface area contributed by atoms with E-state index in [-0.39, 0.29) is 11.9 Å². The SMILES string of the molecule is Cc1[nH]c2ccccc2c1CC(=O)Nc1ccc(N2CCNC2=O)cc1. The molecule has 0 bridgehead atoms. The lowest BCUT2D eigenvalue weighted by Crippen LogP contribution is -2.27. The van der Waals surface area contributed by atoms with Gasteiger partial charge >= 0.3 is 6.03 Å². The average Bonchev–Trinajstić information content (AvgIpc) is 3.19. The van der Waals surface area contributed by atoms with Crippen molar-refractivity contribution in [3.8, 4) is 0 Å². The van der Waals surface area contributed by atoms with Gasteiger partial charge in [-0.2, -0.15) is 0 Å². The molecule has 1 aromatic heterocycles. The molecule has 0 aliphatic carbocycles. The zero-order valence-electron chi connectivity index (χ0n) is 14.5. The number of nitrogens with one attached hydrogen (secondary N) is 3. The molecule has 1 aliphatic heterocycles. The highest BCUT2D eigenvalue weighted by atomic mass is 16.2. The summed E-state index contributed by atoms with van der Waals surface area (Å²) >= 11 is 0. The molecule has 6 nitrogen and oxygen atoms in total. The number of nitrogens with zero attached hydrogens (tertiary/aromatic N) is 1. The van der Waals surface area contributed by atoms with Crippen LogP contribution in [0.3, 0.4) is 0 Å². The summed E-state index contributed by atoms with van der Waals surface area (Å²) in [6, 6.07) is 15.2. The van der Waals surface area contributed by atoms with Crippen molar-refractivity contribution in [2.24, 2.45) is 0 Å². The van der Waals surface area contributed by atoms with Gasteiger partial charge in [0.05, 0.1) is 6.42 Å². The Morgan fingerprint density at radius 1 is 1.15 bits per heavy atom. The monoisotopic (exact) mass is 348 g/mol. The van der Waals surface area contributed by atoms with Crippen molar-refractivity contribution in [1.29, 1.82) is 0 Å². The van der Waals surface area contributed by atoms with E-state index in [1.54, 1.807) is 4.90 Å². The van der Waals surface area contributed by atoms with E-state index in [0.29, 0.717) is 19.5 Å². The van der Waals surface area contributed by atoms with Gasteiger partial charge in [-0.3, -0.25) is 9.69 Å². The molecule has 2 aromatic carbocycles. The summed E-state index contributed by atoms with van der Waals surface area (Å²) in [6.07, 6.45) is 0.312. The number of para-hydroxylation sites is 1. The van der Waals surface area contributed by atoms with Crippen molar-refractivity contribution in [3.63, 3.8) is 0 Å². The number of benzene rings is 2. The van der Waals surface area contributed by atoms with Crippen LogP contribution in [0.1, 0.15) is 11.3 Å². The summed E-state index contributed by atoms with van der Waals surface area (Å²) in [5, 5.41) is 6.78. The normalized spacial score (nSPS) is 13.9. The fourth-order valence-corrected chi connectivity index (χ4v) is 3.37. The first-order valence-electron chi connectivity index (χ1n) is 8.63. The van der Waals surface area contributed by atoms with Crippen LogP contribution in [0.5, 0.6) is 0 Å². The van der Waals surface area contributed by atoms with Gasteiger partial charge in [-0.1, -0.05) is 18.2 Å². The van der Waals surface area contributed by atoms with Crippen LogP contribution in [-0.2, 0) is 11.2 Å². The molecule has 0 radical (unpaired) electrons. The van der Waals surface area contributed by atoms with E-state index in [9.17, 15) is 9.59 Å². The number of hydrogen-bond acceptors (Lipinski definition) is 2. The van der Waals surface area contributed by atoms with E-state index in [4.69, 9.17) is 0 Å². The Morgan fingerprint density at radius 2 is 1.92 bits per heavy atom. The van der Waals surface area contributed by atoms with Crippen molar-refractivity contribution in [2.45, 2.75) is 13.3 Å². The van der Waals surface area contributed by atoms with Crippen molar-refractivity contribution in [1.82, 2.24) is 10.3 Å². The Morgan fingerprint density at radius 3 is 2.65 bits per heavy atom. The molecule has 0 saturated carbocycles. The molecule has 0 atom stereocenters. The first kappa shape index (κ1) is 16.2. The topological polar surface area (TPSA) is 77.2 Å². The van der Waals surface area contributed by atoms with Gasteiger partial charge in [0.2, 0.25) is 5.91 Å². The Kier molecular flexibility index (Phi) is 4.08. The van der Waals surface area contributed by atoms with Crippen molar-refractivity contribution in [2.75, 3.05) is 23.3 Å². The van der Waals surface area contributed by atoms with Crippen LogP contribution in [0.4, 0.5) is 16.2 Å². The van der Waals surface area contributed by atoms with Gasteiger partial charge in [0, 0.05) is 41.1 Å². The summed E-state index contributed by atoms with van der Waals surface area (Å²) in [7, 11) is 0. The molecule has 6 heteroatoms. The molecule has 26 heavy (non-hydrogen) atoms. The number of H-pyrrole nitrogens is 1. The molecule has 0 spiro atoms. The smallest absolute Gasteiger partial charge is 0.321 e. The Hall–Kier alpha value is -3.28. The molecule has 0 unspecified atom stereocenters. The number of rotatable bonds is 4. The van der Waals surface area contributed by atoms with Crippen LogP contribution in [0.15, 0.2) is 48.5 Å². The van der Waals surface area contributed by atoms with Crippen LogP contribution in [0.2, 0.25) is 0 Å². The minimum Gasteiger partial charge on any atom is -0.358 e. The van der Waals surface area contributed by atoms with Gasteiger partial charge in [0.1, 0.15) is 0 Å². The van der Waals surface area contributed by atoms with Gasteiger partial charge in [-0.25, -0.2) is 4.79 Å². The maximum atomic E-state index is 12.5. The van der Waals surface area contributed by atoms with E-state index in [2.05, 4.69) is 15.6 Å². The molecule has 3 amide bonds. The largest absolute Gasteiger partial charge is 0.358 e. The van der Waals surface area contributed by atoms with Crippen molar-refractivity contribution in [3.05, 3.63) is 59.8 Å². The van der Waals surface area contributed by atoms with Gasteiger partial charge in [-0.15, -0.1) is 0 Å². The lowest BCUT2D eigenvalue weighted by atomic mass is 10.1.